The minimum Gasteiger partial charge on any atom is -0.375 e. The third-order valence-electron chi connectivity index (χ3n) is 5.97. The van der Waals surface area contributed by atoms with Gasteiger partial charge in [0.2, 0.25) is 0 Å². The largest absolute Gasteiger partial charge is 0.375 e. The SMILES string of the molecule is CCC1(C)CC(CN)(N(C)C2CCCCCC2)CCO1. The first kappa shape index (κ1) is 16.3. The molecule has 0 aromatic rings. The van der Waals surface area contributed by atoms with Crippen molar-refractivity contribution in [1.82, 2.24) is 4.90 Å². The molecule has 1 aliphatic carbocycles. The van der Waals surface area contributed by atoms with E-state index in [2.05, 4.69) is 25.8 Å². The number of hydrogen-bond donors (Lipinski definition) is 1. The fraction of sp³-hybridized carbons (Fsp3) is 1.00. The fourth-order valence-corrected chi connectivity index (χ4v) is 4.20. The normalized spacial score (nSPS) is 37.0. The number of rotatable bonds is 4. The zero-order valence-corrected chi connectivity index (χ0v) is 13.8. The summed E-state index contributed by atoms with van der Waals surface area (Å²) in [6.45, 7) is 6.12. The molecular formula is C17H34N2O. The van der Waals surface area contributed by atoms with Crippen LogP contribution >= 0.6 is 0 Å². The highest BCUT2D eigenvalue weighted by Crippen LogP contribution is 2.39. The first-order chi connectivity index (χ1) is 9.55. The van der Waals surface area contributed by atoms with Crippen LogP contribution in [0.25, 0.3) is 0 Å². The maximum absolute atomic E-state index is 6.26. The summed E-state index contributed by atoms with van der Waals surface area (Å²) in [5.41, 5.74) is 6.42. The molecule has 0 radical (unpaired) electrons. The molecule has 2 atom stereocenters. The lowest BCUT2D eigenvalue weighted by Gasteiger charge is -2.52. The summed E-state index contributed by atoms with van der Waals surface area (Å²) in [5.74, 6) is 0. The van der Waals surface area contributed by atoms with Gasteiger partial charge in [0.15, 0.2) is 0 Å². The number of likely N-dealkylation sites (N-methyl/N-ethyl adjacent to an activating group) is 1. The molecule has 0 spiro atoms. The van der Waals surface area contributed by atoms with Crippen LogP contribution in [-0.4, -0.2) is 42.3 Å². The van der Waals surface area contributed by atoms with E-state index in [0.29, 0.717) is 0 Å². The Morgan fingerprint density at radius 1 is 1.20 bits per heavy atom. The monoisotopic (exact) mass is 282 g/mol. The van der Waals surface area contributed by atoms with Gasteiger partial charge < -0.3 is 10.5 Å². The molecule has 2 fully saturated rings. The van der Waals surface area contributed by atoms with E-state index in [9.17, 15) is 0 Å². The predicted octanol–water partition coefficient (Wildman–Crippen LogP) is 3.32. The van der Waals surface area contributed by atoms with Crippen molar-refractivity contribution < 1.29 is 4.74 Å². The molecule has 1 aliphatic heterocycles. The maximum atomic E-state index is 6.26. The average molecular weight is 282 g/mol. The van der Waals surface area contributed by atoms with Gasteiger partial charge in [0.1, 0.15) is 0 Å². The third kappa shape index (κ3) is 3.37. The van der Waals surface area contributed by atoms with E-state index in [1.54, 1.807) is 0 Å². The Labute approximate surface area is 125 Å². The van der Waals surface area contributed by atoms with Gasteiger partial charge in [-0.15, -0.1) is 0 Å². The van der Waals surface area contributed by atoms with Crippen LogP contribution in [0.4, 0.5) is 0 Å². The summed E-state index contributed by atoms with van der Waals surface area (Å²) in [5, 5.41) is 0. The molecule has 3 nitrogen and oxygen atoms in total. The van der Waals surface area contributed by atoms with Crippen molar-refractivity contribution in [3.8, 4) is 0 Å². The molecule has 0 aromatic heterocycles. The van der Waals surface area contributed by atoms with E-state index in [0.717, 1.165) is 38.5 Å². The van der Waals surface area contributed by atoms with Gasteiger partial charge in [-0.05, 0) is 46.1 Å². The molecule has 2 aliphatic rings. The van der Waals surface area contributed by atoms with E-state index in [1.807, 2.05) is 0 Å². The summed E-state index contributed by atoms with van der Waals surface area (Å²) >= 11 is 0. The van der Waals surface area contributed by atoms with Crippen LogP contribution in [0.5, 0.6) is 0 Å². The summed E-state index contributed by atoms with van der Waals surface area (Å²) in [4.78, 5) is 2.65. The minimum absolute atomic E-state index is 0.0105. The summed E-state index contributed by atoms with van der Waals surface area (Å²) in [6.07, 6.45) is 11.5. The molecular weight excluding hydrogens is 248 g/mol. The highest BCUT2D eigenvalue weighted by Gasteiger charge is 2.45. The van der Waals surface area contributed by atoms with E-state index in [1.165, 1.54) is 38.5 Å². The smallest absolute Gasteiger partial charge is 0.0670 e. The molecule has 1 heterocycles. The molecule has 1 saturated carbocycles. The van der Waals surface area contributed by atoms with E-state index in [4.69, 9.17) is 10.5 Å². The Bertz CT molecular complexity index is 301. The Morgan fingerprint density at radius 2 is 1.85 bits per heavy atom. The maximum Gasteiger partial charge on any atom is 0.0670 e. The first-order valence-electron chi connectivity index (χ1n) is 8.62. The van der Waals surface area contributed by atoms with Gasteiger partial charge in [-0.2, -0.15) is 0 Å². The Morgan fingerprint density at radius 3 is 2.40 bits per heavy atom. The Balaban J connectivity index is 2.12. The van der Waals surface area contributed by atoms with Crippen LogP contribution in [0.1, 0.15) is 71.6 Å². The molecule has 0 amide bonds. The molecule has 1 saturated heterocycles. The van der Waals surface area contributed by atoms with Crippen LogP contribution in [0.3, 0.4) is 0 Å². The molecule has 2 N–H and O–H groups in total. The third-order valence-corrected chi connectivity index (χ3v) is 5.97. The van der Waals surface area contributed by atoms with Gasteiger partial charge in [-0.1, -0.05) is 32.6 Å². The minimum atomic E-state index is 0.0105. The molecule has 0 aromatic carbocycles. The lowest BCUT2D eigenvalue weighted by molar-refractivity contribution is -0.132. The lowest BCUT2D eigenvalue weighted by Crippen LogP contribution is -2.62. The first-order valence-corrected chi connectivity index (χ1v) is 8.62. The topological polar surface area (TPSA) is 38.5 Å². The van der Waals surface area contributed by atoms with Gasteiger partial charge in [0.05, 0.1) is 5.60 Å². The van der Waals surface area contributed by atoms with Gasteiger partial charge >= 0.3 is 0 Å². The summed E-state index contributed by atoms with van der Waals surface area (Å²) in [6, 6.07) is 0.722. The van der Waals surface area contributed by atoms with Crippen LogP contribution in [-0.2, 0) is 4.74 Å². The number of nitrogens with zero attached hydrogens (tertiary/aromatic N) is 1. The van der Waals surface area contributed by atoms with E-state index >= 15 is 0 Å². The van der Waals surface area contributed by atoms with Crippen LogP contribution in [0.2, 0.25) is 0 Å². The summed E-state index contributed by atoms with van der Waals surface area (Å²) in [7, 11) is 2.32. The second-order valence-electron chi connectivity index (χ2n) is 7.26. The van der Waals surface area contributed by atoms with Crippen molar-refractivity contribution in [3.63, 3.8) is 0 Å². The Kier molecular flexibility index (Phi) is 5.49. The van der Waals surface area contributed by atoms with Gasteiger partial charge in [-0.25, -0.2) is 0 Å². The fourth-order valence-electron chi connectivity index (χ4n) is 4.20. The number of nitrogens with two attached hydrogens (primary N) is 1. The highest BCUT2D eigenvalue weighted by molar-refractivity contribution is 5.01. The lowest BCUT2D eigenvalue weighted by atomic mass is 9.77. The molecule has 20 heavy (non-hydrogen) atoms. The standard InChI is InChI=1S/C17H34N2O/c1-4-16(2)13-17(14-18,11-12-20-16)19(3)15-9-7-5-6-8-10-15/h15H,4-14,18H2,1-3H3. The van der Waals surface area contributed by atoms with Crippen molar-refractivity contribution in [2.45, 2.75) is 88.8 Å². The van der Waals surface area contributed by atoms with Crippen LogP contribution < -0.4 is 5.73 Å². The van der Waals surface area contributed by atoms with Crippen molar-refractivity contribution in [2.75, 3.05) is 20.2 Å². The predicted molar refractivity (Wildman–Crippen MR) is 84.9 cm³/mol. The van der Waals surface area contributed by atoms with Crippen LogP contribution in [0, 0.1) is 0 Å². The van der Waals surface area contributed by atoms with Gasteiger partial charge in [-0.3, -0.25) is 4.90 Å². The molecule has 2 unspecified atom stereocenters. The average Bonchev–Trinajstić information content (AvgIpc) is 2.75. The van der Waals surface area contributed by atoms with E-state index < -0.39 is 0 Å². The van der Waals surface area contributed by atoms with Gasteiger partial charge in [0.25, 0.3) is 0 Å². The summed E-state index contributed by atoms with van der Waals surface area (Å²) < 4.78 is 6.05. The molecule has 118 valence electrons. The number of hydrogen-bond acceptors (Lipinski definition) is 3. The highest BCUT2D eigenvalue weighted by atomic mass is 16.5. The van der Waals surface area contributed by atoms with Gasteiger partial charge in [0, 0.05) is 24.7 Å². The van der Waals surface area contributed by atoms with Crippen LogP contribution in [0.15, 0.2) is 0 Å². The van der Waals surface area contributed by atoms with E-state index in [-0.39, 0.29) is 11.1 Å². The zero-order valence-electron chi connectivity index (χ0n) is 13.8. The van der Waals surface area contributed by atoms with Crippen molar-refractivity contribution >= 4 is 0 Å². The second-order valence-corrected chi connectivity index (χ2v) is 7.26. The molecule has 3 heteroatoms. The quantitative estimate of drug-likeness (QED) is 0.804. The zero-order chi connectivity index (χ0) is 14.6. The molecule has 0 bridgehead atoms. The Hall–Kier alpha value is -0.120. The van der Waals surface area contributed by atoms with Crippen molar-refractivity contribution in [1.29, 1.82) is 0 Å². The van der Waals surface area contributed by atoms with Crippen molar-refractivity contribution in [2.24, 2.45) is 5.73 Å². The molecule has 2 rings (SSSR count). The van der Waals surface area contributed by atoms with Crippen molar-refractivity contribution in [3.05, 3.63) is 0 Å². The second kappa shape index (κ2) is 6.76. The number of ether oxygens (including phenoxy) is 1.